The SMILES string of the molecule is CCc1ccc(C(O)c2c(C)ccnc2N)cc1. The third-order valence-corrected chi connectivity index (χ3v) is 3.22. The summed E-state index contributed by atoms with van der Waals surface area (Å²) in [6.45, 7) is 4.03. The average Bonchev–Trinajstić information content (AvgIpc) is 2.38. The van der Waals surface area contributed by atoms with Gasteiger partial charge in [-0.15, -0.1) is 0 Å². The number of hydrogen-bond donors (Lipinski definition) is 2. The molecule has 1 aromatic heterocycles. The van der Waals surface area contributed by atoms with Crippen LogP contribution in [0.3, 0.4) is 0 Å². The van der Waals surface area contributed by atoms with Crippen molar-refractivity contribution in [2.24, 2.45) is 0 Å². The largest absolute Gasteiger partial charge is 0.384 e. The lowest BCUT2D eigenvalue weighted by Gasteiger charge is -2.16. The molecule has 0 fully saturated rings. The normalized spacial score (nSPS) is 12.4. The summed E-state index contributed by atoms with van der Waals surface area (Å²) in [4.78, 5) is 4.04. The highest BCUT2D eigenvalue weighted by Gasteiger charge is 2.16. The first-order valence-corrected chi connectivity index (χ1v) is 6.11. The molecule has 0 amide bonds. The van der Waals surface area contributed by atoms with E-state index in [4.69, 9.17) is 5.73 Å². The zero-order valence-electron chi connectivity index (χ0n) is 10.7. The van der Waals surface area contributed by atoms with Crippen molar-refractivity contribution in [1.29, 1.82) is 0 Å². The number of aryl methyl sites for hydroxylation is 2. The Kier molecular flexibility index (Phi) is 3.63. The molecule has 94 valence electrons. The van der Waals surface area contributed by atoms with E-state index < -0.39 is 6.10 Å². The minimum atomic E-state index is -0.718. The molecule has 3 nitrogen and oxygen atoms in total. The maximum atomic E-state index is 10.4. The van der Waals surface area contributed by atoms with Gasteiger partial charge < -0.3 is 10.8 Å². The summed E-state index contributed by atoms with van der Waals surface area (Å²) >= 11 is 0. The van der Waals surface area contributed by atoms with E-state index in [1.165, 1.54) is 5.56 Å². The molecule has 18 heavy (non-hydrogen) atoms. The average molecular weight is 242 g/mol. The van der Waals surface area contributed by atoms with Crippen LogP contribution < -0.4 is 5.73 Å². The van der Waals surface area contributed by atoms with E-state index in [0.717, 1.165) is 17.5 Å². The molecular weight excluding hydrogens is 224 g/mol. The van der Waals surface area contributed by atoms with Crippen LogP contribution in [-0.2, 0) is 6.42 Å². The van der Waals surface area contributed by atoms with Crippen molar-refractivity contribution >= 4 is 5.82 Å². The zero-order chi connectivity index (χ0) is 13.1. The number of nitrogen functional groups attached to an aromatic ring is 1. The van der Waals surface area contributed by atoms with Crippen molar-refractivity contribution < 1.29 is 5.11 Å². The molecule has 0 spiro atoms. The number of aliphatic hydroxyl groups is 1. The Hall–Kier alpha value is -1.87. The molecule has 0 aliphatic heterocycles. The van der Waals surface area contributed by atoms with Crippen molar-refractivity contribution in [1.82, 2.24) is 4.98 Å². The predicted molar refractivity (Wildman–Crippen MR) is 73.3 cm³/mol. The van der Waals surface area contributed by atoms with Crippen LogP contribution in [-0.4, -0.2) is 10.1 Å². The van der Waals surface area contributed by atoms with Gasteiger partial charge in [0.15, 0.2) is 0 Å². The van der Waals surface area contributed by atoms with Gasteiger partial charge in [-0.25, -0.2) is 4.98 Å². The number of benzene rings is 1. The van der Waals surface area contributed by atoms with Crippen molar-refractivity contribution in [3.8, 4) is 0 Å². The van der Waals surface area contributed by atoms with Gasteiger partial charge in [-0.05, 0) is 36.1 Å². The molecule has 1 heterocycles. The van der Waals surface area contributed by atoms with Crippen LogP contribution in [0, 0.1) is 6.92 Å². The number of nitrogens with two attached hydrogens (primary N) is 1. The number of anilines is 1. The van der Waals surface area contributed by atoms with Crippen molar-refractivity contribution in [3.05, 3.63) is 58.8 Å². The van der Waals surface area contributed by atoms with E-state index in [1.54, 1.807) is 6.20 Å². The molecule has 0 aliphatic carbocycles. The summed E-state index contributed by atoms with van der Waals surface area (Å²) in [7, 11) is 0. The molecule has 0 saturated carbocycles. The Bertz CT molecular complexity index is 514. The lowest BCUT2D eigenvalue weighted by atomic mass is 9.97. The Morgan fingerprint density at radius 1 is 1.22 bits per heavy atom. The first-order chi connectivity index (χ1) is 8.63. The molecule has 0 bridgehead atoms. The molecule has 1 atom stereocenters. The second-order valence-electron chi connectivity index (χ2n) is 4.42. The summed E-state index contributed by atoms with van der Waals surface area (Å²) in [6.07, 6.45) is 1.93. The summed E-state index contributed by atoms with van der Waals surface area (Å²) in [5.74, 6) is 0.391. The van der Waals surface area contributed by atoms with Gasteiger partial charge in [-0.1, -0.05) is 31.2 Å². The maximum absolute atomic E-state index is 10.4. The van der Waals surface area contributed by atoms with Gasteiger partial charge in [-0.3, -0.25) is 0 Å². The maximum Gasteiger partial charge on any atom is 0.129 e. The summed E-state index contributed by atoms with van der Waals surface area (Å²) in [5.41, 5.74) is 9.59. The predicted octanol–water partition coefficient (Wildman–Crippen LogP) is 2.62. The number of aromatic nitrogens is 1. The van der Waals surface area contributed by atoms with Crippen LogP contribution in [0.5, 0.6) is 0 Å². The highest BCUT2D eigenvalue weighted by atomic mass is 16.3. The van der Waals surface area contributed by atoms with Gasteiger partial charge in [0.05, 0.1) is 0 Å². The van der Waals surface area contributed by atoms with E-state index in [1.807, 2.05) is 37.3 Å². The van der Waals surface area contributed by atoms with Crippen LogP contribution in [0.25, 0.3) is 0 Å². The second-order valence-corrected chi connectivity index (χ2v) is 4.42. The monoisotopic (exact) mass is 242 g/mol. The van der Waals surface area contributed by atoms with Crippen molar-refractivity contribution in [2.75, 3.05) is 5.73 Å². The van der Waals surface area contributed by atoms with Crippen LogP contribution >= 0.6 is 0 Å². The number of rotatable bonds is 3. The molecule has 2 aromatic rings. The van der Waals surface area contributed by atoms with E-state index in [9.17, 15) is 5.11 Å². The number of pyridine rings is 1. The standard InChI is InChI=1S/C15H18N2O/c1-3-11-4-6-12(7-5-11)14(18)13-10(2)8-9-17-15(13)16/h4-9,14,18H,3H2,1-2H3,(H2,16,17). The molecule has 1 unspecified atom stereocenters. The number of hydrogen-bond acceptors (Lipinski definition) is 3. The first kappa shape index (κ1) is 12.6. The molecule has 0 saturated heterocycles. The first-order valence-electron chi connectivity index (χ1n) is 6.11. The lowest BCUT2D eigenvalue weighted by molar-refractivity contribution is 0.220. The van der Waals surface area contributed by atoms with Crippen molar-refractivity contribution in [2.45, 2.75) is 26.4 Å². The number of nitrogens with zero attached hydrogens (tertiary/aromatic N) is 1. The smallest absolute Gasteiger partial charge is 0.129 e. The fourth-order valence-electron chi connectivity index (χ4n) is 2.05. The number of aliphatic hydroxyl groups excluding tert-OH is 1. The van der Waals surface area contributed by atoms with E-state index in [0.29, 0.717) is 11.4 Å². The Morgan fingerprint density at radius 2 is 1.89 bits per heavy atom. The van der Waals surface area contributed by atoms with Gasteiger partial charge in [0.25, 0.3) is 0 Å². The van der Waals surface area contributed by atoms with Crippen LogP contribution in [0.4, 0.5) is 5.82 Å². The zero-order valence-corrected chi connectivity index (χ0v) is 10.7. The fraction of sp³-hybridized carbons (Fsp3) is 0.267. The van der Waals surface area contributed by atoms with Crippen LogP contribution in [0.1, 0.15) is 35.3 Å². The summed E-state index contributed by atoms with van der Waals surface area (Å²) in [5, 5.41) is 10.4. The van der Waals surface area contributed by atoms with Gasteiger partial charge in [0.2, 0.25) is 0 Å². The van der Waals surface area contributed by atoms with E-state index in [-0.39, 0.29) is 0 Å². The Morgan fingerprint density at radius 3 is 2.44 bits per heavy atom. The van der Waals surface area contributed by atoms with Gasteiger partial charge in [0.1, 0.15) is 11.9 Å². The van der Waals surface area contributed by atoms with Crippen LogP contribution in [0.15, 0.2) is 36.5 Å². The van der Waals surface area contributed by atoms with Gasteiger partial charge in [-0.2, -0.15) is 0 Å². The molecule has 3 N–H and O–H groups in total. The summed E-state index contributed by atoms with van der Waals surface area (Å²) < 4.78 is 0. The summed E-state index contributed by atoms with van der Waals surface area (Å²) in [6, 6.07) is 9.79. The Labute approximate surface area is 107 Å². The van der Waals surface area contributed by atoms with Crippen LogP contribution in [0.2, 0.25) is 0 Å². The molecule has 2 rings (SSSR count). The molecule has 0 aliphatic rings. The molecular formula is C15H18N2O. The van der Waals surface area contributed by atoms with Gasteiger partial charge >= 0.3 is 0 Å². The fourth-order valence-corrected chi connectivity index (χ4v) is 2.05. The lowest BCUT2D eigenvalue weighted by Crippen LogP contribution is -2.07. The highest BCUT2D eigenvalue weighted by Crippen LogP contribution is 2.28. The Balaban J connectivity index is 2.38. The topological polar surface area (TPSA) is 59.1 Å². The van der Waals surface area contributed by atoms with Gasteiger partial charge in [0, 0.05) is 11.8 Å². The third kappa shape index (κ3) is 2.36. The molecule has 1 aromatic carbocycles. The second kappa shape index (κ2) is 5.19. The van der Waals surface area contributed by atoms with Crippen molar-refractivity contribution in [3.63, 3.8) is 0 Å². The minimum Gasteiger partial charge on any atom is -0.384 e. The highest BCUT2D eigenvalue weighted by molar-refractivity contribution is 5.48. The van der Waals surface area contributed by atoms with E-state index in [2.05, 4.69) is 11.9 Å². The third-order valence-electron chi connectivity index (χ3n) is 3.22. The quantitative estimate of drug-likeness (QED) is 0.869. The molecule has 3 heteroatoms. The minimum absolute atomic E-state index is 0.391. The van der Waals surface area contributed by atoms with E-state index >= 15 is 0 Å². The molecule has 0 radical (unpaired) electrons.